The Balaban J connectivity index is 1.76. The predicted molar refractivity (Wildman–Crippen MR) is 89.5 cm³/mol. The zero-order valence-electron chi connectivity index (χ0n) is 14.5. The van der Waals surface area contributed by atoms with Crippen LogP contribution in [0.3, 0.4) is 0 Å². The molecule has 0 aromatic carbocycles. The van der Waals surface area contributed by atoms with Crippen molar-refractivity contribution in [2.75, 3.05) is 13.1 Å². The minimum Gasteiger partial charge on any atom is -0.506 e. The topological polar surface area (TPSA) is 87.3 Å². The monoisotopic (exact) mass is 331 g/mol. The highest BCUT2D eigenvalue weighted by atomic mass is 16.3. The number of β-amino-alcohol motifs (C(OH)–C–C–N with tert-alkyl or cyclic N) is 1. The molecule has 7 heteroatoms. The number of aryl methyl sites for hydroxylation is 1. The average molecular weight is 331 g/mol. The third kappa shape index (κ3) is 3.42. The van der Waals surface area contributed by atoms with Gasteiger partial charge in [0.1, 0.15) is 17.0 Å². The molecule has 0 bridgehead atoms. The maximum atomic E-state index is 11.1. The van der Waals surface area contributed by atoms with Crippen LogP contribution in [0.2, 0.25) is 0 Å². The molecule has 1 aliphatic rings. The zero-order chi connectivity index (χ0) is 17.3. The maximum Gasteiger partial charge on any atom is 0.138 e. The SMILES string of the molecule is Cc1ccc(O)c(CN2CCCC(O)(c3cn(C(C)C)nn3)C2)n1. The molecule has 130 valence electrons. The van der Waals surface area contributed by atoms with Crippen LogP contribution in [-0.2, 0) is 12.1 Å². The molecule has 1 unspecified atom stereocenters. The lowest BCUT2D eigenvalue weighted by molar-refractivity contribution is -0.0419. The van der Waals surface area contributed by atoms with Crippen molar-refractivity contribution in [3.05, 3.63) is 35.4 Å². The normalized spacial score (nSPS) is 22.2. The fourth-order valence-corrected chi connectivity index (χ4v) is 3.14. The number of aliphatic hydroxyl groups is 1. The molecule has 1 aliphatic heterocycles. The van der Waals surface area contributed by atoms with Gasteiger partial charge in [-0.3, -0.25) is 9.88 Å². The van der Waals surface area contributed by atoms with Gasteiger partial charge in [-0.1, -0.05) is 5.21 Å². The molecular weight excluding hydrogens is 306 g/mol. The fraction of sp³-hybridized carbons (Fsp3) is 0.588. The number of nitrogens with zero attached hydrogens (tertiary/aromatic N) is 5. The van der Waals surface area contributed by atoms with E-state index >= 15 is 0 Å². The summed E-state index contributed by atoms with van der Waals surface area (Å²) >= 11 is 0. The Hall–Kier alpha value is -1.99. The molecule has 3 rings (SSSR count). The Morgan fingerprint density at radius 1 is 1.33 bits per heavy atom. The van der Waals surface area contributed by atoms with Crippen molar-refractivity contribution in [2.24, 2.45) is 0 Å². The number of pyridine rings is 1. The van der Waals surface area contributed by atoms with Crippen molar-refractivity contribution in [1.29, 1.82) is 0 Å². The van der Waals surface area contributed by atoms with Gasteiger partial charge in [-0.2, -0.15) is 0 Å². The summed E-state index contributed by atoms with van der Waals surface area (Å²) in [5.74, 6) is 0.195. The minimum absolute atomic E-state index is 0.195. The van der Waals surface area contributed by atoms with Gasteiger partial charge in [0.15, 0.2) is 0 Å². The Morgan fingerprint density at radius 2 is 2.12 bits per heavy atom. The van der Waals surface area contributed by atoms with Crippen LogP contribution in [0.15, 0.2) is 18.3 Å². The number of likely N-dealkylation sites (tertiary alicyclic amines) is 1. The summed E-state index contributed by atoms with van der Waals surface area (Å²) in [6.07, 6.45) is 3.35. The van der Waals surface area contributed by atoms with E-state index in [0.29, 0.717) is 30.9 Å². The van der Waals surface area contributed by atoms with E-state index in [4.69, 9.17) is 0 Å². The third-order valence-corrected chi connectivity index (χ3v) is 4.53. The quantitative estimate of drug-likeness (QED) is 0.887. The molecule has 0 aliphatic carbocycles. The van der Waals surface area contributed by atoms with Crippen LogP contribution in [-0.4, -0.2) is 48.2 Å². The number of hydrogen-bond acceptors (Lipinski definition) is 6. The van der Waals surface area contributed by atoms with Crippen LogP contribution in [0.4, 0.5) is 0 Å². The first kappa shape index (κ1) is 16.9. The van der Waals surface area contributed by atoms with E-state index in [2.05, 4.69) is 20.2 Å². The second-order valence-corrected chi connectivity index (χ2v) is 6.94. The van der Waals surface area contributed by atoms with Crippen LogP contribution >= 0.6 is 0 Å². The van der Waals surface area contributed by atoms with E-state index in [1.54, 1.807) is 16.8 Å². The van der Waals surface area contributed by atoms with Crippen LogP contribution < -0.4 is 0 Å². The first-order valence-electron chi connectivity index (χ1n) is 8.40. The Labute approximate surface area is 141 Å². The van der Waals surface area contributed by atoms with Crippen molar-refractivity contribution in [1.82, 2.24) is 24.9 Å². The van der Waals surface area contributed by atoms with Gasteiger partial charge in [0, 0.05) is 24.8 Å². The molecule has 2 aromatic rings. The van der Waals surface area contributed by atoms with Crippen molar-refractivity contribution in [2.45, 2.75) is 51.8 Å². The molecule has 0 amide bonds. The van der Waals surface area contributed by atoms with E-state index in [-0.39, 0.29) is 11.8 Å². The molecule has 24 heavy (non-hydrogen) atoms. The van der Waals surface area contributed by atoms with Crippen LogP contribution in [0.1, 0.15) is 49.8 Å². The summed E-state index contributed by atoms with van der Waals surface area (Å²) in [5.41, 5.74) is 1.12. The van der Waals surface area contributed by atoms with Crippen molar-refractivity contribution in [3.8, 4) is 5.75 Å². The van der Waals surface area contributed by atoms with Gasteiger partial charge in [-0.05, 0) is 52.3 Å². The Morgan fingerprint density at radius 3 is 2.83 bits per heavy atom. The van der Waals surface area contributed by atoms with E-state index in [9.17, 15) is 10.2 Å². The van der Waals surface area contributed by atoms with Crippen LogP contribution in [0.25, 0.3) is 0 Å². The summed E-state index contributed by atoms with van der Waals surface area (Å²) < 4.78 is 1.76. The minimum atomic E-state index is -1.01. The van der Waals surface area contributed by atoms with Gasteiger partial charge >= 0.3 is 0 Å². The lowest BCUT2D eigenvalue weighted by Gasteiger charge is -2.37. The number of piperidine rings is 1. The van der Waals surface area contributed by atoms with Gasteiger partial charge in [-0.25, -0.2) is 4.68 Å². The molecule has 1 fully saturated rings. The summed E-state index contributed by atoms with van der Waals surface area (Å²) in [4.78, 5) is 6.52. The summed E-state index contributed by atoms with van der Waals surface area (Å²) in [7, 11) is 0. The molecule has 1 saturated heterocycles. The zero-order valence-corrected chi connectivity index (χ0v) is 14.5. The van der Waals surface area contributed by atoms with Gasteiger partial charge < -0.3 is 10.2 Å². The highest BCUT2D eigenvalue weighted by molar-refractivity contribution is 5.27. The second-order valence-electron chi connectivity index (χ2n) is 6.94. The van der Waals surface area contributed by atoms with Crippen molar-refractivity contribution < 1.29 is 10.2 Å². The lowest BCUT2D eigenvalue weighted by atomic mass is 9.90. The lowest BCUT2D eigenvalue weighted by Crippen LogP contribution is -2.46. The number of hydrogen-bond donors (Lipinski definition) is 2. The molecule has 2 N–H and O–H groups in total. The first-order chi connectivity index (χ1) is 11.4. The van der Waals surface area contributed by atoms with Crippen molar-refractivity contribution >= 4 is 0 Å². The van der Waals surface area contributed by atoms with Crippen molar-refractivity contribution in [3.63, 3.8) is 0 Å². The Kier molecular flexibility index (Phi) is 4.56. The molecule has 3 heterocycles. The predicted octanol–water partition coefficient (Wildman–Crippen LogP) is 1.75. The molecular formula is C17H25N5O2. The largest absolute Gasteiger partial charge is 0.506 e. The van der Waals surface area contributed by atoms with E-state index < -0.39 is 5.60 Å². The van der Waals surface area contributed by atoms with E-state index in [1.165, 1.54) is 0 Å². The fourth-order valence-electron chi connectivity index (χ4n) is 3.14. The van der Waals surface area contributed by atoms with E-state index in [1.807, 2.05) is 27.0 Å². The van der Waals surface area contributed by atoms with Gasteiger partial charge in [0.2, 0.25) is 0 Å². The van der Waals surface area contributed by atoms with Gasteiger partial charge in [0.05, 0.1) is 11.9 Å². The standard InChI is InChI=1S/C17H25N5O2/c1-12(2)22-10-16(19-20-22)17(24)7-4-8-21(11-17)9-14-15(23)6-5-13(3)18-14/h5-6,10,12,23-24H,4,7-9,11H2,1-3H3. The molecule has 0 saturated carbocycles. The Bertz CT molecular complexity index is 715. The summed E-state index contributed by atoms with van der Waals surface area (Å²) in [6.45, 7) is 7.78. The molecule has 0 radical (unpaired) electrons. The first-order valence-corrected chi connectivity index (χ1v) is 8.40. The highest BCUT2D eigenvalue weighted by Gasteiger charge is 2.37. The third-order valence-electron chi connectivity index (χ3n) is 4.53. The van der Waals surface area contributed by atoms with Gasteiger partial charge in [-0.15, -0.1) is 5.10 Å². The average Bonchev–Trinajstić information content (AvgIpc) is 3.02. The molecule has 0 spiro atoms. The molecule has 1 atom stereocenters. The van der Waals surface area contributed by atoms with Gasteiger partial charge in [0.25, 0.3) is 0 Å². The van der Waals surface area contributed by atoms with Crippen LogP contribution in [0.5, 0.6) is 5.75 Å². The number of rotatable bonds is 4. The maximum absolute atomic E-state index is 11.1. The van der Waals surface area contributed by atoms with E-state index in [0.717, 1.165) is 18.7 Å². The molecule has 7 nitrogen and oxygen atoms in total. The van der Waals surface area contributed by atoms with Crippen LogP contribution in [0, 0.1) is 6.92 Å². The number of aromatic hydroxyl groups is 1. The summed E-state index contributed by atoms with van der Waals surface area (Å²) in [6, 6.07) is 3.67. The number of aromatic nitrogens is 4. The highest BCUT2D eigenvalue weighted by Crippen LogP contribution is 2.31. The summed E-state index contributed by atoms with van der Waals surface area (Å²) in [5, 5.41) is 29.4. The molecule has 2 aromatic heterocycles. The smallest absolute Gasteiger partial charge is 0.138 e. The second kappa shape index (κ2) is 6.49.